The first-order valence-corrected chi connectivity index (χ1v) is 10.3. The molecule has 29 heavy (non-hydrogen) atoms. The molecule has 3 N–H and O–H groups in total. The minimum Gasteiger partial charge on any atom is -0.396 e. The molecule has 3 rings (SSSR count). The van der Waals surface area contributed by atoms with Crippen LogP contribution < -0.4 is 15.8 Å². The molecule has 0 amide bonds. The smallest absolute Gasteiger partial charge is 0.247 e. The summed E-state index contributed by atoms with van der Waals surface area (Å²) in [6, 6.07) is 5.56. The summed E-state index contributed by atoms with van der Waals surface area (Å²) < 4.78 is 1.83. The van der Waals surface area contributed by atoms with Crippen molar-refractivity contribution >= 4 is 17.3 Å². The fourth-order valence-corrected chi connectivity index (χ4v) is 3.60. The number of fused-ring (bicyclic) bond motifs is 1. The molecule has 0 fully saturated rings. The second-order valence-electron chi connectivity index (χ2n) is 7.03. The van der Waals surface area contributed by atoms with Gasteiger partial charge in [-0.2, -0.15) is 9.61 Å². The van der Waals surface area contributed by atoms with E-state index in [-0.39, 0.29) is 18.2 Å². The van der Waals surface area contributed by atoms with Crippen molar-refractivity contribution in [2.24, 2.45) is 0 Å². The number of hydrogen-bond acceptors (Lipinski definition) is 6. The first kappa shape index (κ1) is 20.9. The summed E-state index contributed by atoms with van der Waals surface area (Å²) in [5.74, 6) is 1.72. The van der Waals surface area contributed by atoms with Crippen molar-refractivity contribution < 1.29 is 5.11 Å². The Morgan fingerprint density at radius 3 is 2.76 bits per heavy atom. The zero-order valence-electron chi connectivity index (χ0n) is 17.4. The van der Waals surface area contributed by atoms with Gasteiger partial charge >= 0.3 is 0 Å². The molecular formula is C21H30N6O2. The summed E-state index contributed by atoms with van der Waals surface area (Å²) in [7, 11) is 0. The molecule has 0 aliphatic carbocycles. The average Bonchev–Trinajstić information content (AvgIpc) is 3.16. The number of anilines is 2. The van der Waals surface area contributed by atoms with Gasteiger partial charge in [-0.25, -0.2) is 4.98 Å². The van der Waals surface area contributed by atoms with Crippen molar-refractivity contribution in [1.29, 1.82) is 0 Å². The molecule has 0 aromatic carbocycles. The van der Waals surface area contributed by atoms with E-state index < -0.39 is 0 Å². The SMILES string of the molecule is CCc1cnn2c(NCc3ccc(=O)[nH]c3)cc(N(CC)C(CC)CCO)nc12. The zero-order valence-corrected chi connectivity index (χ0v) is 17.4. The van der Waals surface area contributed by atoms with Crippen LogP contribution in [0.25, 0.3) is 5.65 Å². The maximum atomic E-state index is 11.3. The summed E-state index contributed by atoms with van der Waals surface area (Å²) in [6.07, 6.45) is 6.05. The normalized spacial score (nSPS) is 12.3. The molecule has 3 heterocycles. The van der Waals surface area contributed by atoms with Crippen LogP contribution in [0.1, 0.15) is 44.7 Å². The van der Waals surface area contributed by atoms with Crippen molar-refractivity contribution in [2.75, 3.05) is 23.4 Å². The lowest BCUT2D eigenvalue weighted by molar-refractivity contribution is 0.271. The van der Waals surface area contributed by atoms with Gasteiger partial charge < -0.3 is 20.3 Å². The van der Waals surface area contributed by atoms with Gasteiger partial charge in [-0.05, 0) is 31.7 Å². The number of rotatable bonds is 10. The fraction of sp³-hybridized carbons (Fsp3) is 0.476. The molecule has 8 nitrogen and oxygen atoms in total. The van der Waals surface area contributed by atoms with Crippen LogP contribution in [-0.4, -0.2) is 43.9 Å². The van der Waals surface area contributed by atoms with E-state index in [2.05, 4.69) is 41.1 Å². The predicted octanol–water partition coefficient (Wildman–Crippen LogP) is 2.58. The number of pyridine rings is 1. The average molecular weight is 399 g/mol. The van der Waals surface area contributed by atoms with Crippen LogP contribution in [0.4, 0.5) is 11.6 Å². The van der Waals surface area contributed by atoms with E-state index >= 15 is 0 Å². The Bertz CT molecular complexity index is 976. The van der Waals surface area contributed by atoms with E-state index in [0.717, 1.165) is 47.8 Å². The van der Waals surface area contributed by atoms with E-state index in [1.165, 1.54) is 6.07 Å². The minimum atomic E-state index is -0.116. The summed E-state index contributed by atoms with van der Waals surface area (Å²) in [5, 5.41) is 17.4. The summed E-state index contributed by atoms with van der Waals surface area (Å²) >= 11 is 0. The van der Waals surface area contributed by atoms with Gasteiger partial charge in [-0.3, -0.25) is 4.79 Å². The summed E-state index contributed by atoms with van der Waals surface area (Å²) in [6.45, 7) is 7.84. The van der Waals surface area contributed by atoms with Gasteiger partial charge in [-0.15, -0.1) is 0 Å². The lowest BCUT2D eigenvalue weighted by atomic mass is 10.1. The first-order valence-electron chi connectivity index (χ1n) is 10.3. The third kappa shape index (κ3) is 4.59. The van der Waals surface area contributed by atoms with E-state index in [0.29, 0.717) is 13.0 Å². The lowest BCUT2D eigenvalue weighted by Crippen LogP contribution is -2.36. The van der Waals surface area contributed by atoms with Gasteiger partial charge in [0, 0.05) is 49.6 Å². The highest BCUT2D eigenvalue weighted by Gasteiger charge is 2.20. The highest BCUT2D eigenvalue weighted by atomic mass is 16.3. The molecule has 156 valence electrons. The number of aliphatic hydroxyl groups is 1. The molecule has 0 radical (unpaired) electrons. The molecule has 0 saturated heterocycles. The van der Waals surface area contributed by atoms with Crippen molar-refractivity contribution in [3.8, 4) is 0 Å². The van der Waals surface area contributed by atoms with Crippen LogP contribution in [0.15, 0.2) is 35.4 Å². The van der Waals surface area contributed by atoms with E-state index in [1.807, 2.05) is 16.8 Å². The maximum absolute atomic E-state index is 11.3. The number of H-pyrrole nitrogens is 1. The third-order valence-electron chi connectivity index (χ3n) is 5.24. The van der Waals surface area contributed by atoms with E-state index in [4.69, 9.17) is 4.98 Å². The van der Waals surface area contributed by atoms with Crippen molar-refractivity contribution in [3.63, 3.8) is 0 Å². The second-order valence-corrected chi connectivity index (χ2v) is 7.03. The van der Waals surface area contributed by atoms with E-state index in [1.54, 1.807) is 12.3 Å². The number of aromatic nitrogens is 4. The Morgan fingerprint density at radius 2 is 2.14 bits per heavy atom. The molecule has 1 unspecified atom stereocenters. The van der Waals surface area contributed by atoms with Gasteiger partial charge in [0.15, 0.2) is 5.65 Å². The molecule has 3 aromatic rings. The Hall–Kier alpha value is -2.87. The Morgan fingerprint density at radius 1 is 1.31 bits per heavy atom. The van der Waals surface area contributed by atoms with E-state index in [9.17, 15) is 9.90 Å². The quantitative estimate of drug-likeness (QED) is 0.486. The second kappa shape index (κ2) is 9.56. The van der Waals surface area contributed by atoms with Crippen molar-refractivity contribution in [1.82, 2.24) is 19.6 Å². The third-order valence-corrected chi connectivity index (χ3v) is 5.24. The molecule has 0 saturated carbocycles. The van der Waals surface area contributed by atoms with Gasteiger partial charge in [0.2, 0.25) is 5.56 Å². The largest absolute Gasteiger partial charge is 0.396 e. The van der Waals surface area contributed by atoms with Crippen molar-refractivity contribution in [2.45, 2.75) is 52.6 Å². The number of aromatic amines is 1. The molecule has 0 bridgehead atoms. The van der Waals surface area contributed by atoms with Gasteiger partial charge in [0.1, 0.15) is 11.6 Å². The molecule has 8 heteroatoms. The molecule has 0 spiro atoms. The summed E-state index contributed by atoms with van der Waals surface area (Å²) in [4.78, 5) is 21.1. The molecule has 0 aliphatic rings. The predicted molar refractivity (Wildman–Crippen MR) is 116 cm³/mol. The van der Waals surface area contributed by atoms with Crippen LogP contribution in [-0.2, 0) is 13.0 Å². The van der Waals surface area contributed by atoms with Crippen LogP contribution in [0.3, 0.4) is 0 Å². The Labute approximate surface area is 170 Å². The number of aryl methyl sites for hydroxylation is 1. The van der Waals surface area contributed by atoms with Crippen LogP contribution >= 0.6 is 0 Å². The maximum Gasteiger partial charge on any atom is 0.247 e. The van der Waals surface area contributed by atoms with Crippen LogP contribution in [0.2, 0.25) is 0 Å². The Kier molecular flexibility index (Phi) is 6.87. The highest BCUT2D eigenvalue weighted by molar-refractivity contribution is 5.61. The minimum absolute atomic E-state index is 0.116. The lowest BCUT2D eigenvalue weighted by Gasteiger charge is -2.31. The number of nitrogens with zero attached hydrogens (tertiary/aromatic N) is 4. The molecule has 1 atom stereocenters. The van der Waals surface area contributed by atoms with Gasteiger partial charge in [0.05, 0.1) is 6.20 Å². The first-order chi connectivity index (χ1) is 14.1. The van der Waals surface area contributed by atoms with Crippen LogP contribution in [0.5, 0.6) is 0 Å². The van der Waals surface area contributed by atoms with Gasteiger partial charge in [0.25, 0.3) is 0 Å². The fourth-order valence-electron chi connectivity index (χ4n) is 3.60. The number of nitrogens with one attached hydrogen (secondary N) is 2. The highest BCUT2D eigenvalue weighted by Crippen LogP contribution is 2.25. The molecular weight excluding hydrogens is 368 g/mol. The number of hydrogen-bond donors (Lipinski definition) is 3. The molecule has 3 aromatic heterocycles. The topological polar surface area (TPSA) is 98.5 Å². The van der Waals surface area contributed by atoms with Gasteiger partial charge in [-0.1, -0.05) is 19.9 Å². The standard InChI is InChI=1S/C21H30N6O2/c1-4-16-14-24-27-18(22-12-15-7-8-20(29)23-13-15)11-19(25-21(16)27)26(6-3)17(5-2)9-10-28/h7-8,11,13-14,17,22,28H,4-6,9-10,12H2,1-3H3,(H,23,29). The zero-order chi connectivity index (χ0) is 20.8. The number of aliphatic hydroxyl groups excluding tert-OH is 1. The summed E-state index contributed by atoms with van der Waals surface area (Å²) in [5.41, 5.74) is 2.78. The molecule has 0 aliphatic heterocycles. The van der Waals surface area contributed by atoms with Crippen molar-refractivity contribution in [3.05, 3.63) is 52.1 Å². The monoisotopic (exact) mass is 398 g/mol. The Balaban J connectivity index is 1.99. The van der Waals surface area contributed by atoms with Crippen LogP contribution in [0, 0.1) is 0 Å².